The summed E-state index contributed by atoms with van der Waals surface area (Å²) in [6, 6.07) is 4.46. The Kier molecular flexibility index (Phi) is 4.38. The van der Waals surface area contributed by atoms with Gasteiger partial charge in [0.2, 0.25) is 0 Å². The standard InChI is InChI=1S/C16H22N2O/c1-5-6-18-16(14-7-11(2)9-17-10-14)15-8-12(3)19-13(15)4/h7-10,16,18H,5-6H2,1-4H3. The summed E-state index contributed by atoms with van der Waals surface area (Å²) >= 11 is 0. The maximum Gasteiger partial charge on any atom is 0.106 e. The van der Waals surface area contributed by atoms with Crippen molar-refractivity contribution in [3.63, 3.8) is 0 Å². The SMILES string of the molecule is CCCNC(c1cncc(C)c1)c1cc(C)oc1C. The third kappa shape index (κ3) is 3.24. The van der Waals surface area contributed by atoms with Crippen LogP contribution in [0.4, 0.5) is 0 Å². The first-order chi connectivity index (χ1) is 9.11. The lowest BCUT2D eigenvalue weighted by molar-refractivity contribution is 0.493. The Morgan fingerprint density at radius 1 is 1.21 bits per heavy atom. The van der Waals surface area contributed by atoms with Crippen LogP contribution in [-0.2, 0) is 0 Å². The molecule has 19 heavy (non-hydrogen) atoms. The lowest BCUT2D eigenvalue weighted by atomic mass is 9.99. The number of aryl methyl sites for hydroxylation is 3. The number of rotatable bonds is 5. The topological polar surface area (TPSA) is 38.1 Å². The molecule has 0 aromatic carbocycles. The van der Waals surface area contributed by atoms with Crippen molar-refractivity contribution in [2.75, 3.05) is 6.54 Å². The molecule has 0 fully saturated rings. The molecule has 0 aliphatic carbocycles. The second-order valence-corrected chi connectivity index (χ2v) is 5.05. The molecule has 0 spiro atoms. The molecular formula is C16H22N2O. The molecule has 0 bridgehead atoms. The maximum absolute atomic E-state index is 5.67. The first-order valence-corrected chi connectivity index (χ1v) is 6.83. The molecule has 102 valence electrons. The summed E-state index contributed by atoms with van der Waals surface area (Å²) in [5, 5.41) is 3.58. The van der Waals surface area contributed by atoms with E-state index in [1.807, 2.05) is 26.2 Å². The Labute approximate surface area is 115 Å². The molecule has 3 nitrogen and oxygen atoms in total. The molecule has 1 unspecified atom stereocenters. The average Bonchev–Trinajstić information content (AvgIpc) is 2.69. The number of nitrogens with zero attached hydrogens (tertiary/aromatic N) is 1. The van der Waals surface area contributed by atoms with Crippen molar-refractivity contribution in [1.82, 2.24) is 10.3 Å². The van der Waals surface area contributed by atoms with E-state index in [0.717, 1.165) is 24.5 Å². The minimum absolute atomic E-state index is 0.157. The molecule has 1 atom stereocenters. The molecule has 2 aromatic rings. The predicted octanol–water partition coefficient (Wildman–Crippen LogP) is 3.69. The van der Waals surface area contributed by atoms with Gasteiger partial charge in [0.25, 0.3) is 0 Å². The third-order valence-corrected chi connectivity index (χ3v) is 3.22. The van der Waals surface area contributed by atoms with Crippen molar-refractivity contribution >= 4 is 0 Å². The Balaban J connectivity index is 2.38. The van der Waals surface area contributed by atoms with E-state index in [0.29, 0.717) is 0 Å². The van der Waals surface area contributed by atoms with Crippen LogP contribution in [0.2, 0.25) is 0 Å². The molecular weight excluding hydrogens is 236 g/mol. The van der Waals surface area contributed by atoms with Gasteiger partial charge in [0.15, 0.2) is 0 Å². The summed E-state index contributed by atoms with van der Waals surface area (Å²) in [6.45, 7) is 9.23. The van der Waals surface area contributed by atoms with Gasteiger partial charge in [-0.15, -0.1) is 0 Å². The van der Waals surface area contributed by atoms with Gasteiger partial charge in [-0.25, -0.2) is 0 Å². The van der Waals surface area contributed by atoms with Gasteiger partial charge in [-0.2, -0.15) is 0 Å². The summed E-state index contributed by atoms with van der Waals surface area (Å²) < 4.78 is 5.67. The molecule has 0 radical (unpaired) electrons. The molecule has 0 amide bonds. The minimum atomic E-state index is 0.157. The zero-order valence-electron chi connectivity index (χ0n) is 12.2. The van der Waals surface area contributed by atoms with Crippen molar-refractivity contribution in [3.05, 3.63) is 52.7 Å². The average molecular weight is 258 g/mol. The van der Waals surface area contributed by atoms with Crippen molar-refractivity contribution in [1.29, 1.82) is 0 Å². The third-order valence-electron chi connectivity index (χ3n) is 3.22. The molecule has 2 aromatic heterocycles. The van der Waals surface area contributed by atoms with Gasteiger partial charge < -0.3 is 9.73 Å². The fourth-order valence-corrected chi connectivity index (χ4v) is 2.37. The second-order valence-electron chi connectivity index (χ2n) is 5.05. The smallest absolute Gasteiger partial charge is 0.106 e. The number of pyridine rings is 1. The Hall–Kier alpha value is -1.61. The molecule has 3 heteroatoms. The molecule has 1 N–H and O–H groups in total. The number of nitrogens with one attached hydrogen (secondary N) is 1. The van der Waals surface area contributed by atoms with Crippen LogP contribution in [0.3, 0.4) is 0 Å². The van der Waals surface area contributed by atoms with E-state index in [4.69, 9.17) is 4.42 Å². The van der Waals surface area contributed by atoms with Gasteiger partial charge in [0, 0.05) is 18.0 Å². The molecule has 2 rings (SSSR count). The van der Waals surface area contributed by atoms with Crippen LogP contribution in [0.5, 0.6) is 0 Å². The lowest BCUT2D eigenvalue weighted by Gasteiger charge is -2.18. The highest BCUT2D eigenvalue weighted by atomic mass is 16.3. The fourth-order valence-electron chi connectivity index (χ4n) is 2.37. The van der Waals surface area contributed by atoms with Crippen LogP contribution in [-0.4, -0.2) is 11.5 Å². The molecule has 0 saturated heterocycles. The van der Waals surface area contributed by atoms with Crippen molar-refractivity contribution in [2.24, 2.45) is 0 Å². The summed E-state index contributed by atoms with van der Waals surface area (Å²) in [4.78, 5) is 4.30. The van der Waals surface area contributed by atoms with E-state index in [1.165, 1.54) is 16.7 Å². The van der Waals surface area contributed by atoms with E-state index in [1.54, 1.807) is 0 Å². The first kappa shape index (κ1) is 13.8. The minimum Gasteiger partial charge on any atom is -0.466 e. The van der Waals surface area contributed by atoms with Gasteiger partial charge in [-0.05, 0) is 50.9 Å². The van der Waals surface area contributed by atoms with Gasteiger partial charge in [0.1, 0.15) is 11.5 Å². The van der Waals surface area contributed by atoms with Crippen molar-refractivity contribution in [2.45, 2.75) is 40.2 Å². The summed E-state index contributed by atoms with van der Waals surface area (Å²) in [6.07, 6.45) is 4.92. The normalized spacial score (nSPS) is 12.6. The first-order valence-electron chi connectivity index (χ1n) is 6.83. The zero-order chi connectivity index (χ0) is 13.8. The van der Waals surface area contributed by atoms with Crippen molar-refractivity contribution in [3.8, 4) is 0 Å². The number of hydrogen-bond donors (Lipinski definition) is 1. The van der Waals surface area contributed by atoms with E-state index in [-0.39, 0.29) is 6.04 Å². The van der Waals surface area contributed by atoms with Crippen LogP contribution in [0.15, 0.2) is 28.9 Å². The lowest BCUT2D eigenvalue weighted by Crippen LogP contribution is -2.23. The van der Waals surface area contributed by atoms with Gasteiger partial charge in [-0.3, -0.25) is 4.98 Å². The molecule has 0 aliphatic heterocycles. The van der Waals surface area contributed by atoms with Gasteiger partial charge in [0.05, 0.1) is 6.04 Å². The quantitative estimate of drug-likeness (QED) is 0.889. The molecule has 0 saturated carbocycles. The van der Waals surface area contributed by atoms with E-state index < -0.39 is 0 Å². The molecule has 2 heterocycles. The van der Waals surface area contributed by atoms with E-state index in [9.17, 15) is 0 Å². The Morgan fingerprint density at radius 3 is 2.58 bits per heavy atom. The Bertz CT molecular complexity index is 545. The van der Waals surface area contributed by atoms with Gasteiger partial charge in [-0.1, -0.05) is 13.0 Å². The summed E-state index contributed by atoms with van der Waals surface area (Å²) in [5.41, 5.74) is 3.58. The maximum atomic E-state index is 5.67. The molecule has 0 aliphatic rings. The number of aromatic nitrogens is 1. The fraction of sp³-hybridized carbons (Fsp3) is 0.438. The second kappa shape index (κ2) is 6.02. The monoisotopic (exact) mass is 258 g/mol. The highest BCUT2D eigenvalue weighted by Crippen LogP contribution is 2.27. The zero-order valence-corrected chi connectivity index (χ0v) is 12.2. The Morgan fingerprint density at radius 2 is 2.00 bits per heavy atom. The van der Waals surface area contributed by atoms with Crippen molar-refractivity contribution < 1.29 is 4.42 Å². The van der Waals surface area contributed by atoms with E-state index in [2.05, 4.69) is 36.3 Å². The van der Waals surface area contributed by atoms with E-state index >= 15 is 0 Å². The largest absolute Gasteiger partial charge is 0.466 e. The van der Waals surface area contributed by atoms with Crippen LogP contribution in [0.1, 0.15) is 47.6 Å². The van der Waals surface area contributed by atoms with Crippen LogP contribution < -0.4 is 5.32 Å². The summed E-state index contributed by atoms with van der Waals surface area (Å²) in [5.74, 6) is 1.93. The highest BCUT2D eigenvalue weighted by Gasteiger charge is 2.18. The van der Waals surface area contributed by atoms with Gasteiger partial charge >= 0.3 is 0 Å². The highest BCUT2D eigenvalue weighted by molar-refractivity contribution is 5.34. The van der Waals surface area contributed by atoms with Crippen LogP contribution >= 0.6 is 0 Å². The van der Waals surface area contributed by atoms with Crippen LogP contribution in [0, 0.1) is 20.8 Å². The summed E-state index contributed by atoms with van der Waals surface area (Å²) in [7, 11) is 0. The number of hydrogen-bond acceptors (Lipinski definition) is 3. The van der Waals surface area contributed by atoms with Crippen LogP contribution in [0.25, 0.3) is 0 Å². The predicted molar refractivity (Wildman–Crippen MR) is 77.3 cm³/mol. The number of furan rings is 1.